The average Bonchev–Trinajstić information content (AvgIpc) is 3.07. The van der Waals surface area contributed by atoms with Gasteiger partial charge in [-0.2, -0.15) is 5.26 Å². The third kappa shape index (κ3) is 3.73. The van der Waals surface area contributed by atoms with Crippen LogP contribution in [0.4, 0.5) is 0 Å². The number of thioether (sulfide) groups is 1. The highest BCUT2D eigenvalue weighted by atomic mass is 32.2. The van der Waals surface area contributed by atoms with Gasteiger partial charge in [-0.05, 0) is 36.1 Å². The first-order valence-electron chi connectivity index (χ1n) is 7.67. The molecular formula is C19H16N4OS. The summed E-state index contributed by atoms with van der Waals surface area (Å²) in [6, 6.07) is 13.6. The van der Waals surface area contributed by atoms with Gasteiger partial charge < -0.3 is 10.3 Å². The van der Waals surface area contributed by atoms with Crippen LogP contribution < -0.4 is 5.32 Å². The SMILES string of the molecule is CSc1ccccc1CNC(=O)/C(C#N)=C/c1c[nH]c2ncccc12. The second-order valence-corrected chi connectivity index (χ2v) is 6.16. The van der Waals surface area contributed by atoms with Crippen molar-refractivity contribution in [1.82, 2.24) is 15.3 Å². The molecular weight excluding hydrogens is 332 g/mol. The van der Waals surface area contributed by atoms with Gasteiger partial charge in [0.1, 0.15) is 17.3 Å². The fourth-order valence-electron chi connectivity index (χ4n) is 2.52. The number of nitrogens with zero attached hydrogens (tertiary/aromatic N) is 2. The Kier molecular flexibility index (Phi) is 5.17. The molecule has 0 fully saturated rings. The molecule has 0 aliphatic carbocycles. The summed E-state index contributed by atoms with van der Waals surface area (Å²) in [5.74, 6) is -0.392. The number of nitrogens with one attached hydrogen (secondary N) is 2. The molecule has 2 heterocycles. The molecule has 0 aliphatic heterocycles. The third-order valence-electron chi connectivity index (χ3n) is 3.78. The molecule has 1 amide bonds. The van der Waals surface area contributed by atoms with Crippen LogP contribution in [-0.2, 0) is 11.3 Å². The van der Waals surface area contributed by atoms with E-state index in [2.05, 4.69) is 15.3 Å². The Morgan fingerprint density at radius 2 is 2.20 bits per heavy atom. The number of carbonyl (C=O) groups excluding carboxylic acids is 1. The van der Waals surface area contributed by atoms with Crippen molar-refractivity contribution in [2.24, 2.45) is 0 Å². The van der Waals surface area contributed by atoms with Crippen LogP contribution in [0.1, 0.15) is 11.1 Å². The quantitative estimate of drug-likeness (QED) is 0.420. The number of benzene rings is 1. The lowest BCUT2D eigenvalue weighted by atomic mass is 10.1. The van der Waals surface area contributed by atoms with E-state index in [1.54, 1.807) is 30.2 Å². The van der Waals surface area contributed by atoms with Crippen LogP contribution in [0, 0.1) is 11.3 Å². The number of amides is 1. The molecule has 0 radical (unpaired) electrons. The maximum Gasteiger partial charge on any atom is 0.262 e. The second-order valence-electron chi connectivity index (χ2n) is 5.31. The van der Waals surface area contributed by atoms with Crippen molar-refractivity contribution >= 4 is 34.8 Å². The van der Waals surface area contributed by atoms with Gasteiger partial charge in [0, 0.05) is 34.8 Å². The largest absolute Gasteiger partial charge is 0.347 e. The highest BCUT2D eigenvalue weighted by Crippen LogP contribution is 2.20. The van der Waals surface area contributed by atoms with Crippen LogP contribution in [0.3, 0.4) is 0 Å². The van der Waals surface area contributed by atoms with Gasteiger partial charge in [0.15, 0.2) is 0 Å². The summed E-state index contributed by atoms with van der Waals surface area (Å²) in [5, 5.41) is 13.0. The molecule has 0 bridgehead atoms. The number of aromatic amines is 1. The lowest BCUT2D eigenvalue weighted by Gasteiger charge is -2.08. The lowest BCUT2D eigenvalue weighted by Crippen LogP contribution is -2.24. The van der Waals surface area contributed by atoms with E-state index in [1.165, 1.54) is 0 Å². The first-order valence-corrected chi connectivity index (χ1v) is 8.89. The van der Waals surface area contributed by atoms with Crippen molar-refractivity contribution in [3.8, 4) is 6.07 Å². The smallest absolute Gasteiger partial charge is 0.262 e. The zero-order valence-corrected chi connectivity index (χ0v) is 14.4. The van der Waals surface area contributed by atoms with Gasteiger partial charge >= 0.3 is 0 Å². The molecule has 0 saturated carbocycles. The normalized spacial score (nSPS) is 11.3. The van der Waals surface area contributed by atoms with Crippen LogP contribution in [0.5, 0.6) is 0 Å². The summed E-state index contributed by atoms with van der Waals surface area (Å²) in [7, 11) is 0. The van der Waals surface area contributed by atoms with Gasteiger partial charge in [0.2, 0.25) is 0 Å². The number of hydrogen-bond donors (Lipinski definition) is 2. The molecule has 0 spiro atoms. The van der Waals surface area contributed by atoms with E-state index in [4.69, 9.17) is 0 Å². The van der Waals surface area contributed by atoms with E-state index in [9.17, 15) is 10.1 Å². The predicted octanol–water partition coefficient (Wildman–Crippen LogP) is 3.51. The Balaban J connectivity index is 1.79. The number of aromatic nitrogens is 2. The number of pyridine rings is 1. The number of nitriles is 1. The standard InChI is InChI=1S/C19H16N4OS/c1-25-17-7-3-2-5-13(17)11-23-19(24)14(10-20)9-15-12-22-18-16(15)6-4-8-21-18/h2-9,12H,11H2,1H3,(H,21,22)(H,23,24)/b14-9+. The Labute approximate surface area is 149 Å². The van der Waals surface area contributed by atoms with Gasteiger partial charge in [-0.1, -0.05) is 18.2 Å². The zero-order chi connectivity index (χ0) is 17.6. The monoisotopic (exact) mass is 348 g/mol. The van der Waals surface area contributed by atoms with Gasteiger partial charge in [0.05, 0.1) is 0 Å². The van der Waals surface area contributed by atoms with Gasteiger partial charge in [0.25, 0.3) is 5.91 Å². The van der Waals surface area contributed by atoms with Crippen molar-refractivity contribution < 1.29 is 4.79 Å². The molecule has 3 aromatic rings. The summed E-state index contributed by atoms with van der Waals surface area (Å²) in [6.45, 7) is 0.379. The highest BCUT2D eigenvalue weighted by molar-refractivity contribution is 7.98. The van der Waals surface area contributed by atoms with Crippen LogP contribution in [0.25, 0.3) is 17.1 Å². The summed E-state index contributed by atoms with van der Waals surface area (Å²) < 4.78 is 0. The second kappa shape index (κ2) is 7.69. The first kappa shape index (κ1) is 16.8. The topological polar surface area (TPSA) is 81.6 Å². The number of carbonyl (C=O) groups is 1. The third-order valence-corrected chi connectivity index (χ3v) is 4.62. The molecule has 25 heavy (non-hydrogen) atoms. The minimum Gasteiger partial charge on any atom is -0.347 e. The minimum atomic E-state index is -0.392. The number of rotatable bonds is 5. The molecule has 0 aliphatic rings. The summed E-state index contributed by atoms with van der Waals surface area (Å²) in [4.78, 5) is 20.7. The predicted molar refractivity (Wildman–Crippen MR) is 99.8 cm³/mol. The summed E-state index contributed by atoms with van der Waals surface area (Å²) in [6.07, 6.45) is 7.00. The van der Waals surface area contributed by atoms with E-state index < -0.39 is 5.91 Å². The molecule has 2 aromatic heterocycles. The van der Waals surface area contributed by atoms with Crippen molar-refractivity contribution in [3.05, 3.63) is 65.5 Å². The highest BCUT2D eigenvalue weighted by Gasteiger charge is 2.11. The maximum atomic E-state index is 12.4. The van der Waals surface area contributed by atoms with Gasteiger partial charge in [-0.25, -0.2) is 4.98 Å². The first-order chi connectivity index (χ1) is 12.2. The number of hydrogen-bond acceptors (Lipinski definition) is 4. The molecule has 2 N–H and O–H groups in total. The summed E-state index contributed by atoms with van der Waals surface area (Å²) in [5.41, 5.74) is 2.57. The maximum absolute atomic E-state index is 12.4. The Morgan fingerprint density at radius 3 is 3.00 bits per heavy atom. The van der Waals surface area contributed by atoms with Crippen molar-refractivity contribution in [2.75, 3.05) is 6.26 Å². The number of fused-ring (bicyclic) bond motifs is 1. The zero-order valence-electron chi connectivity index (χ0n) is 13.6. The van der Waals surface area contributed by atoms with E-state index >= 15 is 0 Å². The van der Waals surface area contributed by atoms with Crippen LogP contribution in [0.15, 0.2) is 59.3 Å². The van der Waals surface area contributed by atoms with Crippen molar-refractivity contribution in [3.63, 3.8) is 0 Å². The molecule has 5 nitrogen and oxygen atoms in total. The molecule has 0 saturated heterocycles. The van der Waals surface area contributed by atoms with Crippen LogP contribution in [0.2, 0.25) is 0 Å². The van der Waals surface area contributed by atoms with Gasteiger partial charge in [-0.15, -0.1) is 11.8 Å². The fraction of sp³-hybridized carbons (Fsp3) is 0.105. The van der Waals surface area contributed by atoms with Crippen LogP contribution >= 0.6 is 11.8 Å². The van der Waals surface area contributed by atoms with E-state index in [-0.39, 0.29) is 5.57 Å². The molecule has 0 unspecified atom stereocenters. The van der Waals surface area contributed by atoms with Crippen molar-refractivity contribution in [1.29, 1.82) is 5.26 Å². The van der Waals surface area contributed by atoms with Crippen molar-refractivity contribution in [2.45, 2.75) is 11.4 Å². The van der Waals surface area contributed by atoms with Gasteiger partial charge in [-0.3, -0.25) is 4.79 Å². The Hall–Kier alpha value is -3.04. The molecule has 6 heteroatoms. The molecule has 1 aromatic carbocycles. The molecule has 124 valence electrons. The number of H-pyrrole nitrogens is 1. The molecule has 0 atom stereocenters. The Bertz CT molecular complexity index is 984. The van der Waals surface area contributed by atoms with Crippen LogP contribution in [-0.4, -0.2) is 22.1 Å². The lowest BCUT2D eigenvalue weighted by molar-refractivity contribution is -0.117. The van der Waals surface area contributed by atoms with E-state index in [1.807, 2.05) is 48.7 Å². The van der Waals surface area contributed by atoms with E-state index in [0.29, 0.717) is 6.54 Å². The minimum absolute atomic E-state index is 0.0615. The fourth-order valence-corrected chi connectivity index (χ4v) is 3.14. The molecule has 3 rings (SSSR count). The average molecular weight is 348 g/mol. The Morgan fingerprint density at radius 1 is 1.36 bits per heavy atom. The van der Waals surface area contributed by atoms with E-state index in [0.717, 1.165) is 27.1 Å². The summed E-state index contributed by atoms with van der Waals surface area (Å²) >= 11 is 1.62.